The van der Waals surface area contributed by atoms with E-state index in [0.717, 1.165) is 36.3 Å². The number of aryl methyl sites for hydroxylation is 2. The number of carbonyl (C=O) groups excluding carboxylic acids is 1. The first kappa shape index (κ1) is 18.8. The van der Waals surface area contributed by atoms with Crippen molar-refractivity contribution in [2.24, 2.45) is 0 Å². The predicted octanol–water partition coefficient (Wildman–Crippen LogP) is 3.77. The molecule has 1 N–H and O–H groups in total. The summed E-state index contributed by atoms with van der Waals surface area (Å²) in [4.78, 5) is 12.2. The molecule has 0 saturated carbocycles. The largest absolute Gasteiger partial charge is 0.497 e. The van der Waals surface area contributed by atoms with Crippen LogP contribution in [-0.2, 0) is 17.6 Å². The normalized spacial score (nSPS) is 11.6. The molecule has 2 rings (SSSR count). The molecular weight excluding hydrogens is 314 g/mol. The highest BCUT2D eigenvalue weighted by atomic mass is 16.5. The van der Waals surface area contributed by atoms with Gasteiger partial charge in [-0.05, 0) is 55.5 Å². The number of hydrogen-bond donors (Lipinski definition) is 1. The van der Waals surface area contributed by atoms with Crippen LogP contribution in [0.3, 0.4) is 0 Å². The molecule has 0 aliphatic heterocycles. The molecule has 0 aliphatic rings. The highest BCUT2D eigenvalue weighted by Gasteiger charge is 2.15. The molecule has 0 heterocycles. The molecule has 0 fully saturated rings. The highest BCUT2D eigenvalue weighted by molar-refractivity contribution is 5.80. The van der Waals surface area contributed by atoms with Gasteiger partial charge in [-0.15, -0.1) is 0 Å². The summed E-state index contributed by atoms with van der Waals surface area (Å²) in [5.41, 5.74) is 2.35. The van der Waals surface area contributed by atoms with Gasteiger partial charge in [0.1, 0.15) is 11.5 Å². The first-order chi connectivity index (χ1) is 12.1. The van der Waals surface area contributed by atoms with Crippen molar-refractivity contribution < 1.29 is 14.3 Å². The maximum Gasteiger partial charge on any atom is 0.260 e. The topological polar surface area (TPSA) is 47.6 Å². The van der Waals surface area contributed by atoms with Crippen LogP contribution in [0.25, 0.3) is 0 Å². The fraction of sp³-hybridized carbons (Fsp3) is 0.381. The van der Waals surface area contributed by atoms with Gasteiger partial charge in [0.25, 0.3) is 5.91 Å². The Morgan fingerprint density at radius 1 is 1.12 bits per heavy atom. The van der Waals surface area contributed by atoms with Crippen molar-refractivity contribution in [1.29, 1.82) is 0 Å². The third kappa shape index (κ3) is 5.82. The zero-order valence-electron chi connectivity index (χ0n) is 15.2. The van der Waals surface area contributed by atoms with E-state index in [0.29, 0.717) is 6.54 Å². The third-order valence-electron chi connectivity index (χ3n) is 4.13. The molecule has 1 atom stereocenters. The molecule has 0 aliphatic carbocycles. The summed E-state index contributed by atoms with van der Waals surface area (Å²) < 4.78 is 11.0. The number of benzene rings is 2. The van der Waals surface area contributed by atoms with Crippen LogP contribution in [0.4, 0.5) is 0 Å². The van der Waals surface area contributed by atoms with Crippen LogP contribution in [0.15, 0.2) is 48.5 Å². The van der Waals surface area contributed by atoms with Crippen molar-refractivity contribution >= 4 is 5.91 Å². The van der Waals surface area contributed by atoms with Gasteiger partial charge in [-0.1, -0.05) is 37.3 Å². The van der Waals surface area contributed by atoms with Gasteiger partial charge in [0.15, 0.2) is 6.10 Å². The zero-order valence-corrected chi connectivity index (χ0v) is 15.2. The van der Waals surface area contributed by atoms with Crippen LogP contribution in [-0.4, -0.2) is 25.7 Å². The van der Waals surface area contributed by atoms with Crippen LogP contribution in [0.5, 0.6) is 11.5 Å². The highest BCUT2D eigenvalue weighted by Crippen LogP contribution is 2.19. The summed E-state index contributed by atoms with van der Waals surface area (Å²) >= 11 is 0. The van der Waals surface area contributed by atoms with E-state index in [2.05, 4.69) is 12.2 Å². The lowest BCUT2D eigenvalue weighted by Crippen LogP contribution is -2.37. The minimum Gasteiger partial charge on any atom is -0.497 e. The summed E-state index contributed by atoms with van der Waals surface area (Å²) in [5.74, 6) is 1.56. The van der Waals surface area contributed by atoms with Gasteiger partial charge < -0.3 is 14.8 Å². The van der Waals surface area contributed by atoms with Crippen LogP contribution >= 0.6 is 0 Å². The summed E-state index contributed by atoms with van der Waals surface area (Å²) in [5, 5.41) is 2.94. The van der Waals surface area contributed by atoms with Crippen molar-refractivity contribution in [3.05, 3.63) is 59.7 Å². The quantitative estimate of drug-likeness (QED) is 0.706. The second-order valence-corrected chi connectivity index (χ2v) is 5.96. The van der Waals surface area contributed by atoms with Gasteiger partial charge in [-0.25, -0.2) is 0 Å². The fourth-order valence-corrected chi connectivity index (χ4v) is 2.59. The van der Waals surface area contributed by atoms with Crippen molar-refractivity contribution in [3.8, 4) is 11.5 Å². The first-order valence-corrected chi connectivity index (χ1v) is 8.79. The van der Waals surface area contributed by atoms with Crippen molar-refractivity contribution in [1.82, 2.24) is 5.32 Å². The van der Waals surface area contributed by atoms with Crippen molar-refractivity contribution in [2.75, 3.05) is 13.7 Å². The molecule has 2 aromatic carbocycles. The Kier molecular flexibility index (Phi) is 7.33. The second kappa shape index (κ2) is 9.72. The lowest BCUT2D eigenvalue weighted by molar-refractivity contribution is -0.127. The summed E-state index contributed by atoms with van der Waals surface area (Å²) in [6.45, 7) is 4.49. The molecule has 134 valence electrons. The molecule has 0 bridgehead atoms. The number of hydrogen-bond acceptors (Lipinski definition) is 3. The average Bonchev–Trinajstić information content (AvgIpc) is 2.65. The molecule has 4 heteroatoms. The number of methoxy groups -OCH3 is 1. The summed E-state index contributed by atoms with van der Waals surface area (Å²) in [6.07, 6.45) is 2.18. The monoisotopic (exact) mass is 341 g/mol. The minimum atomic E-state index is -0.506. The van der Waals surface area contributed by atoms with Gasteiger partial charge in [0, 0.05) is 6.54 Å². The van der Waals surface area contributed by atoms with Gasteiger partial charge in [0.2, 0.25) is 0 Å². The maximum atomic E-state index is 12.2. The number of ether oxygens (including phenoxy) is 2. The van der Waals surface area contributed by atoms with Gasteiger partial charge in [0.05, 0.1) is 7.11 Å². The molecule has 4 nitrogen and oxygen atoms in total. The van der Waals surface area contributed by atoms with Gasteiger partial charge in [-0.2, -0.15) is 0 Å². The zero-order chi connectivity index (χ0) is 18.1. The smallest absolute Gasteiger partial charge is 0.260 e. The lowest BCUT2D eigenvalue weighted by atomic mass is 10.1. The average molecular weight is 341 g/mol. The molecule has 2 aromatic rings. The second-order valence-electron chi connectivity index (χ2n) is 5.96. The van der Waals surface area contributed by atoms with Crippen LogP contribution in [0.1, 0.15) is 31.4 Å². The van der Waals surface area contributed by atoms with E-state index in [-0.39, 0.29) is 5.91 Å². The van der Waals surface area contributed by atoms with E-state index < -0.39 is 6.10 Å². The van der Waals surface area contributed by atoms with E-state index in [9.17, 15) is 4.79 Å². The number of amides is 1. The Balaban J connectivity index is 1.73. The lowest BCUT2D eigenvalue weighted by Gasteiger charge is -2.16. The number of nitrogens with one attached hydrogen (secondary N) is 1. The molecule has 0 unspecified atom stereocenters. The number of para-hydroxylation sites is 1. The van der Waals surface area contributed by atoms with E-state index in [1.165, 1.54) is 5.56 Å². The molecular formula is C21H27NO3. The molecule has 1 amide bonds. The number of carbonyl (C=O) groups is 1. The van der Waals surface area contributed by atoms with E-state index in [1.54, 1.807) is 14.0 Å². The number of rotatable bonds is 9. The molecule has 0 saturated heterocycles. The predicted molar refractivity (Wildman–Crippen MR) is 100 cm³/mol. The maximum absolute atomic E-state index is 12.2. The first-order valence-electron chi connectivity index (χ1n) is 8.79. The van der Waals surface area contributed by atoms with Crippen molar-refractivity contribution in [2.45, 2.75) is 39.2 Å². The Labute approximate surface area is 150 Å². The Hall–Kier alpha value is -2.49. The Morgan fingerprint density at radius 3 is 2.52 bits per heavy atom. The summed E-state index contributed by atoms with van der Waals surface area (Å²) in [7, 11) is 1.66. The van der Waals surface area contributed by atoms with E-state index >= 15 is 0 Å². The van der Waals surface area contributed by atoms with E-state index in [4.69, 9.17) is 9.47 Å². The molecule has 25 heavy (non-hydrogen) atoms. The van der Waals surface area contributed by atoms with Crippen LogP contribution in [0, 0.1) is 0 Å². The van der Waals surface area contributed by atoms with Gasteiger partial charge >= 0.3 is 0 Å². The van der Waals surface area contributed by atoms with E-state index in [1.807, 2.05) is 48.5 Å². The Morgan fingerprint density at radius 2 is 1.84 bits per heavy atom. The molecule has 0 spiro atoms. The Bertz CT molecular complexity index is 667. The standard InChI is InChI=1S/C21H27NO3/c1-4-18-9-5-6-10-20(18)25-16(2)21(23)22-15-7-8-17-11-13-19(24-3)14-12-17/h5-6,9-14,16H,4,7-8,15H2,1-3H3,(H,22,23)/t16-/m1/s1. The third-order valence-corrected chi connectivity index (χ3v) is 4.13. The minimum absolute atomic E-state index is 0.0827. The van der Waals surface area contributed by atoms with Gasteiger partial charge in [-0.3, -0.25) is 4.79 Å². The van der Waals surface area contributed by atoms with Crippen molar-refractivity contribution in [3.63, 3.8) is 0 Å². The molecule has 0 radical (unpaired) electrons. The molecule has 0 aromatic heterocycles. The van der Waals surface area contributed by atoms with Crippen LogP contribution < -0.4 is 14.8 Å². The van der Waals surface area contributed by atoms with Crippen LogP contribution in [0.2, 0.25) is 0 Å². The summed E-state index contributed by atoms with van der Waals surface area (Å²) in [6, 6.07) is 15.8. The fourth-order valence-electron chi connectivity index (χ4n) is 2.59. The SMILES string of the molecule is CCc1ccccc1O[C@H](C)C(=O)NCCCc1ccc(OC)cc1.